The number of hydrogen-bond donors (Lipinski definition) is 1. The summed E-state index contributed by atoms with van der Waals surface area (Å²) in [5.74, 6) is -0.388. The van der Waals surface area contributed by atoms with E-state index >= 15 is 0 Å². The number of hydrogen-bond acceptors (Lipinski definition) is 3. The van der Waals surface area contributed by atoms with E-state index < -0.39 is 6.10 Å². The maximum absolute atomic E-state index is 11.1. The zero-order valence-electron chi connectivity index (χ0n) is 7.86. The molecule has 0 radical (unpaired) electrons. The van der Waals surface area contributed by atoms with Crippen molar-refractivity contribution in [1.29, 1.82) is 0 Å². The topological polar surface area (TPSA) is 46.5 Å². The van der Waals surface area contributed by atoms with Gasteiger partial charge in [0.15, 0.2) is 0 Å². The minimum Gasteiger partial charge on any atom is -0.469 e. The number of carbonyl (C=O) groups excluding carboxylic acids is 1. The van der Waals surface area contributed by atoms with Gasteiger partial charge >= 0.3 is 29.6 Å². The van der Waals surface area contributed by atoms with E-state index in [9.17, 15) is 4.79 Å². The van der Waals surface area contributed by atoms with E-state index in [1.54, 1.807) is 31.2 Å². The first-order valence-electron chi connectivity index (χ1n) is 3.77. The van der Waals surface area contributed by atoms with Crippen molar-refractivity contribution in [2.45, 2.75) is 13.0 Å². The van der Waals surface area contributed by atoms with Gasteiger partial charge < -0.3 is 9.84 Å². The van der Waals surface area contributed by atoms with Gasteiger partial charge in [0.2, 0.25) is 0 Å². The van der Waals surface area contributed by atoms with Crippen LogP contribution < -0.4 is 29.6 Å². The van der Waals surface area contributed by atoms with Crippen molar-refractivity contribution < 1.29 is 44.2 Å². The summed E-state index contributed by atoms with van der Waals surface area (Å²) >= 11 is 0. The average Bonchev–Trinajstić information content (AvgIpc) is 2.51. The van der Waals surface area contributed by atoms with Crippen LogP contribution in [-0.4, -0.2) is 23.8 Å². The molecule has 0 fully saturated rings. The molecule has 0 heterocycles. The molecule has 0 aromatic heterocycles. The molecule has 0 bridgehead atoms. The molecule has 1 N–H and O–H groups in total. The third-order valence-corrected chi connectivity index (χ3v) is 1.35. The first kappa shape index (κ1) is 12.8. The van der Waals surface area contributed by atoms with Crippen LogP contribution in [0, 0.1) is 0 Å². The molecule has 0 aliphatic heterocycles. The van der Waals surface area contributed by atoms with Crippen molar-refractivity contribution in [3.8, 4) is 0 Å². The van der Waals surface area contributed by atoms with Crippen molar-refractivity contribution in [3.05, 3.63) is 29.8 Å². The van der Waals surface area contributed by atoms with Gasteiger partial charge in [-0.3, -0.25) is 4.79 Å². The molecule has 4 heteroatoms. The Balaban J connectivity index is 0.00000144. The quantitative estimate of drug-likeness (QED) is 0.339. The van der Waals surface area contributed by atoms with E-state index in [2.05, 4.69) is 0 Å². The Morgan fingerprint density at radius 1 is 1.54 bits per heavy atom. The molecule has 1 rings (SSSR count). The van der Waals surface area contributed by atoms with Crippen LogP contribution in [0.25, 0.3) is 0 Å². The summed E-state index contributed by atoms with van der Waals surface area (Å²) in [6.45, 7) is 1.61. The summed E-state index contributed by atoms with van der Waals surface area (Å²) in [5, 5.41) is 8.82. The van der Waals surface area contributed by atoms with Crippen LogP contribution in [0.3, 0.4) is 0 Å². The minimum atomic E-state index is -0.607. The molecule has 1 atom stereocenters. The molecule has 0 saturated carbocycles. The predicted octanol–water partition coefficient (Wildman–Crippen LogP) is -2.05. The molecule has 66 valence electrons. The zero-order valence-corrected chi connectivity index (χ0v) is 9.86. The Hall–Kier alpha value is -0.220. The number of rotatable bonds is 3. The second kappa shape index (κ2) is 6.27. The summed E-state index contributed by atoms with van der Waals surface area (Å²) < 4.78 is 4.76. The molecule has 1 aromatic rings. The van der Waals surface area contributed by atoms with E-state index in [-0.39, 0.29) is 42.1 Å². The van der Waals surface area contributed by atoms with Gasteiger partial charge in [0.25, 0.3) is 5.97 Å². The Bertz CT molecular complexity index is 241. The number of carbonyl (C=O) groups is 1. The van der Waals surface area contributed by atoms with E-state index in [1.807, 2.05) is 0 Å². The van der Waals surface area contributed by atoms with Crippen molar-refractivity contribution in [2.75, 3.05) is 6.61 Å². The van der Waals surface area contributed by atoms with Crippen LogP contribution in [0.5, 0.6) is 0 Å². The van der Waals surface area contributed by atoms with Crippen LogP contribution in [0.15, 0.2) is 24.3 Å². The van der Waals surface area contributed by atoms with Gasteiger partial charge in [0, 0.05) is 0 Å². The fourth-order valence-corrected chi connectivity index (χ4v) is 0.790. The number of aliphatic hydroxyl groups excluding tert-OH is 1. The van der Waals surface area contributed by atoms with Crippen molar-refractivity contribution in [1.82, 2.24) is 0 Å². The Labute approximate surface area is 99.4 Å². The Kier molecular flexibility index (Phi) is 6.16. The number of esters is 1. The van der Waals surface area contributed by atoms with E-state index in [1.165, 1.54) is 0 Å². The summed E-state index contributed by atoms with van der Waals surface area (Å²) in [6.07, 6.45) is -0.607. The SMILES string of the molecule is CC(O)COC(=O)[c-]1cccc1.[Na+]. The number of ether oxygens (including phenoxy) is 1. The molecule has 1 aromatic carbocycles. The summed E-state index contributed by atoms with van der Waals surface area (Å²) in [6, 6.07) is 6.87. The van der Waals surface area contributed by atoms with Crippen molar-refractivity contribution >= 4 is 5.97 Å². The van der Waals surface area contributed by atoms with E-state index in [0.717, 1.165) is 0 Å². The smallest absolute Gasteiger partial charge is 0.469 e. The Morgan fingerprint density at radius 3 is 2.54 bits per heavy atom. The largest absolute Gasteiger partial charge is 1.00 e. The maximum Gasteiger partial charge on any atom is 1.00 e. The minimum absolute atomic E-state index is 0. The standard InChI is InChI=1S/C9H11O3.Na/c1-7(10)6-12-9(11)8-4-2-3-5-8;/h2-5,7,10H,6H2,1H3;/q-1;+1. The van der Waals surface area contributed by atoms with Crippen LogP contribution in [0.1, 0.15) is 17.3 Å². The molecular formula is C9H11NaO3. The van der Waals surface area contributed by atoms with E-state index in [0.29, 0.717) is 5.56 Å². The van der Waals surface area contributed by atoms with Crippen LogP contribution in [-0.2, 0) is 4.74 Å². The summed E-state index contributed by atoms with van der Waals surface area (Å²) in [7, 11) is 0. The normalized spacial score (nSPS) is 11.5. The molecule has 0 aliphatic carbocycles. The summed E-state index contributed by atoms with van der Waals surface area (Å²) in [5.41, 5.74) is 0.524. The second-order valence-electron chi connectivity index (χ2n) is 2.62. The Morgan fingerprint density at radius 2 is 2.08 bits per heavy atom. The van der Waals surface area contributed by atoms with Gasteiger partial charge in [-0.25, -0.2) is 12.1 Å². The molecule has 3 nitrogen and oxygen atoms in total. The number of aliphatic hydroxyl groups is 1. The molecule has 0 amide bonds. The summed E-state index contributed by atoms with van der Waals surface area (Å²) in [4.78, 5) is 11.1. The molecule has 0 saturated heterocycles. The van der Waals surface area contributed by atoms with Crippen molar-refractivity contribution in [2.24, 2.45) is 0 Å². The first-order valence-corrected chi connectivity index (χ1v) is 3.77. The third-order valence-electron chi connectivity index (χ3n) is 1.35. The molecular weight excluding hydrogens is 179 g/mol. The first-order chi connectivity index (χ1) is 5.70. The second-order valence-corrected chi connectivity index (χ2v) is 2.62. The van der Waals surface area contributed by atoms with Gasteiger partial charge in [0.05, 0.1) is 6.10 Å². The monoisotopic (exact) mass is 190 g/mol. The van der Waals surface area contributed by atoms with Crippen LogP contribution in [0.2, 0.25) is 0 Å². The van der Waals surface area contributed by atoms with Crippen LogP contribution in [0.4, 0.5) is 0 Å². The molecule has 0 aliphatic rings. The zero-order chi connectivity index (χ0) is 8.97. The van der Waals surface area contributed by atoms with E-state index in [4.69, 9.17) is 9.84 Å². The van der Waals surface area contributed by atoms with Gasteiger partial charge in [-0.15, -0.1) is 0 Å². The third kappa shape index (κ3) is 4.52. The molecule has 13 heavy (non-hydrogen) atoms. The van der Waals surface area contributed by atoms with Gasteiger partial charge in [-0.1, -0.05) is 5.56 Å². The van der Waals surface area contributed by atoms with Crippen LogP contribution >= 0.6 is 0 Å². The molecule has 1 unspecified atom stereocenters. The van der Waals surface area contributed by atoms with Gasteiger partial charge in [-0.05, 0) is 6.92 Å². The van der Waals surface area contributed by atoms with Gasteiger partial charge in [0.1, 0.15) is 6.61 Å². The van der Waals surface area contributed by atoms with Gasteiger partial charge in [-0.2, -0.15) is 12.1 Å². The molecule has 0 spiro atoms. The predicted molar refractivity (Wildman–Crippen MR) is 44.0 cm³/mol. The fourth-order valence-electron chi connectivity index (χ4n) is 0.790. The van der Waals surface area contributed by atoms with Crippen molar-refractivity contribution in [3.63, 3.8) is 0 Å². The fraction of sp³-hybridized carbons (Fsp3) is 0.333. The maximum atomic E-state index is 11.1. The average molecular weight is 190 g/mol.